The normalized spacial score (nSPS) is 12.8. The van der Waals surface area contributed by atoms with Crippen molar-refractivity contribution in [2.24, 2.45) is 0 Å². The van der Waals surface area contributed by atoms with Gasteiger partial charge in [0.2, 0.25) is 0 Å². The molecule has 0 fully saturated rings. The number of aromatic hydroxyl groups is 1. The summed E-state index contributed by atoms with van der Waals surface area (Å²) in [7, 11) is 1.72. The molecule has 1 atom stereocenters. The van der Waals surface area contributed by atoms with Crippen LogP contribution in [0.15, 0.2) is 24.3 Å². The van der Waals surface area contributed by atoms with Crippen LogP contribution in [0, 0.1) is 0 Å². The van der Waals surface area contributed by atoms with E-state index in [1.807, 2.05) is 6.07 Å². The number of hydrogen-bond donors (Lipinski definition) is 2. The monoisotopic (exact) mass is 183 g/mol. The molecule has 1 unspecified atom stereocenters. The van der Waals surface area contributed by atoms with Gasteiger partial charge in [0.25, 0.3) is 0 Å². The summed E-state index contributed by atoms with van der Waals surface area (Å²) in [5.74, 6) is 0.189. The lowest BCUT2D eigenvalue weighted by atomic mass is 10.1. The molecule has 0 spiro atoms. The molecule has 2 nitrogen and oxygen atoms in total. The third-order valence-corrected chi connectivity index (χ3v) is 1.79. The SMILES string of the molecule is CNCC(F)Cc1cccc(O)c1. The topological polar surface area (TPSA) is 32.3 Å². The molecule has 1 aromatic carbocycles. The fraction of sp³-hybridized carbons (Fsp3) is 0.400. The maximum Gasteiger partial charge on any atom is 0.116 e. The Morgan fingerprint density at radius 1 is 1.54 bits per heavy atom. The van der Waals surface area contributed by atoms with E-state index in [0.29, 0.717) is 13.0 Å². The Morgan fingerprint density at radius 3 is 2.92 bits per heavy atom. The Hall–Kier alpha value is -1.09. The predicted octanol–water partition coefficient (Wildman–Crippen LogP) is 1.49. The quantitative estimate of drug-likeness (QED) is 0.741. The number of hydrogen-bond acceptors (Lipinski definition) is 2. The van der Waals surface area contributed by atoms with Gasteiger partial charge in [0.15, 0.2) is 0 Å². The molecular weight excluding hydrogens is 169 g/mol. The highest BCUT2D eigenvalue weighted by Crippen LogP contribution is 2.13. The first-order valence-electron chi connectivity index (χ1n) is 4.29. The number of alkyl halides is 1. The molecular formula is C10H14FNO. The molecule has 0 radical (unpaired) electrons. The van der Waals surface area contributed by atoms with Crippen molar-refractivity contribution in [2.75, 3.05) is 13.6 Å². The third-order valence-electron chi connectivity index (χ3n) is 1.79. The Balaban J connectivity index is 2.53. The van der Waals surface area contributed by atoms with Gasteiger partial charge in [-0.2, -0.15) is 0 Å². The van der Waals surface area contributed by atoms with E-state index in [-0.39, 0.29) is 5.75 Å². The van der Waals surface area contributed by atoms with Crippen LogP contribution < -0.4 is 5.32 Å². The summed E-state index contributed by atoms with van der Waals surface area (Å²) >= 11 is 0. The summed E-state index contributed by atoms with van der Waals surface area (Å²) < 4.78 is 13.1. The van der Waals surface area contributed by atoms with Gasteiger partial charge < -0.3 is 10.4 Å². The predicted molar refractivity (Wildman–Crippen MR) is 50.6 cm³/mol. The molecule has 0 bridgehead atoms. The molecule has 13 heavy (non-hydrogen) atoms. The van der Waals surface area contributed by atoms with Crippen molar-refractivity contribution in [2.45, 2.75) is 12.6 Å². The van der Waals surface area contributed by atoms with Crippen LogP contribution in [-0.2, 0) is 6.42 Å². The first-order valence-corrected chi connectivity index (χ1v) is 4.29. The smallest absolute Gasteiger partial charge is 0.116 e. The van der Waals surface area contributed by atoms with E-state index in [9.17, 15) is 4.39 Å². The highest BCUT2D eigenvalue weighted by molar-refractivity contribution is 5.27. The lowest BCUT2D eigenvalue weighted by molar-refractivity contribution is 0.324. The standard InChI is InChI=1S/C10H14FNO/c1-12-7-9(11)5-8-3-2-4-10(13)6-8/h2-4,6,9,12-13H,5,7H2,1H3. The average Bonchev–Trinajstić information content (AvgIpc) is 2.04. The number of phenols is 1. The second-order valence-electron chi connectivity index (χ2n) is 3.03. The Kier molecular flexibility index (Phi) is 3.71. The maximum atomic E-state index is 13.1. The summed E-state index contributed by atoms with van der Waals surface area (Å²) in [5, 5.41) is 11.9. The Morgan fingerprint density at radius 2 is 2.31 bits per heavy atom. The molecule has 0 saturated heterocycles. The van der Waals surface area contributed by atoms with Crippen LogP contribution in [0.2, 0.25) is 0 Å². The van der Waals surface area contributed by atoms with E-state index in [2.05, 4.69) is 5.32 Å². The van der Waals surface area contributed by atoms with Gasteiger partial charge in [-0.3, -0.25) is 0 Å². The zero-order valence-electron chi connectivity index (χ0n) is 7.63. The third kappa shape index (κ3) is 3.42. The van der Waals surface area contributed by atoms with Gasteiger partial charge in [-0.15, -0.1) is 0 Å². The summed E-state index contributed by atoms with van der Waals surface area (Å²) in [5.41, 5.74) is 0.822. The lowest BCUT2D eigenvalue weighted by Gasteiger charge is -2.07. The van der Waals surface area contributed by atoms with Crippen LogP contribution >= 0.6 is 0 Å². The van der Waals surface area contributed by atoms with Gasteiger partial charge in [-0.25, -0.2) is 4.39 Å². The summed E-state index contributed by atoms with van der Waals surface area (Å²) in [6.07, 6.45) is -0.554. The van der Waals surface area contributed by atoms with Crippen LogP contribution in [0.25, 0.3) is 0 Å². The largest absolute Gasteiger partial charge is 0.508 e. The molecule has 0 aliphatic heterocycles. The van der Waals surface area contributed by atoms with Crippen molar-refractivity contribution in [1.29, 1.82) is 0 Å². The first kappa shape index (κ1) is 9.99. The second kappa shape index (κ2) is 4.82. The zero-order chi connectivity index (χ0) is 9.68. The fourth-order valence-corrected chi connectivity index (χ4v) is 1.23. The van der Waals surface area contributed by atoms with Gasteiger partial charge in [0.05, 0.1) is 0 Å². The molecule has 72 valence electrons. The maximum absolute atomic E-state index is 13.1. The summed E-state index contributed by atoms with van der Waals surface area (Å²) in [6, 6.07) is 6.69. The molecule has 0 saturated carbocycles. The van der Waals surface area contributed by atoms with Crippen molar-refractivity contribution in [3.05, 3.63) is 29.8 Å². The molecule has 0 aliphatic rings. The molecule has 1 rings (SSSR count). The summed E-state index contributed by atoms with van der Waals surface area (Å²) in [4.78, 5) is 0. The Labute approximate surface area is 77.4 Å². The van der Waals surface area contributed by atoms with Crippen LogP contribution in [0.3, 0.4) is 0 Å². The molecule has 0 aliphatic carbocycles. The molecule has 0 heterocycles. The van der Waals surface area contributed by atoms with Gasteiger partial charge >= 0.3 is 0 Å². The number of benzene rings is 1. The van der Waals surface area contributed by atoms with Crippen LogP contribution in [0.1, 0.15) is 5.56 Å². The van der Waals surface area contributed by atoms with Crippen LogP contribution in [0.4, 0.5) is 4.39 Å². The average molecular weight is 183 g/mol. The van der Waals surface area contributed by atoms with E-state index in [1.165, 1.54) is 0 Å². The number of halogens is 1. The van der Waals surface area contributed by atoms with Crippen molar-refractivity contribution >= 4 is 0 Å². The van der Waals surface area contributed by atoms with E-state index in [1.54, 1.807) is 25.2 Å². The number of rotatable bonds is 4. The fourth-order valence-electron chi connectivity index (χ4n) is 1.23. The lowest BCUT2D eigenvalue weighted by Crippen LogP contribution is -2.21. The highest BCUT2D eigenvalue weighted by Gasteiger charge is 2.06. The van der Waals surface area contributed by atoms with E-state index < -0.39 is 6.17 Å². The molecule has 0 amide bonds. The molecule has 3 heteroatoms. The van der Waals surface area contributed by atoms with E-state index >= 15 is 0 Å². The van der Waals surface area contributed by atoms with Crippen molar-refractivity contribution in [3.8, 4) is 5.75 Å². The van der Waals surface area contributed by atoms with Crippen molar-refractivity contribution in [1.82, 2.24) is 5.32 Å². The van der Waals surface area contributed by atoms with Crippen LogP contribution in [-0.4, -0.2) is 24.9 Å². The zero-order valence-corrected chi connectivity index (χ0v) is 7.63. The van der Waals surface area contributed by atoms with Crippen molar-refractivity contribution < 1.29 is 9.50 Å². The minimum Gasteiger partial charge on any atom is -0.508 e. The van der Waals surface area contributed by atoms with Gasteiger partial charge in [-0.05, 0) is 24.7 Å². The molecule has 2 N–H and O–H groups in total. The Bertz CT molecular complexity index is 265. The minimum absolute atomic E-state index is 0.189. The number of phenolic OH excluding ortho intramolecular Hbond substituents is 1. The van der Waals surface area contributed by atoms with Gasteiger partial charge in [-0.1, -0.05) is 12.1 Å². The number of nitrogens with one attached hydrogen (secondary N) is 1. The molecule has 0 aromatic heterocycles. The second-order valence-corrected chi connectivity index (χ2v) is 3.03. The minimum atomic E-state index is -0.896. The highest BCUT2D eigenvalue weighted by atomic mass is 19.1. The van der Waals surface area contributed by atoms with E-state index in [0.717, 1.165) is 5.56 Å². The van der Waals surface area contributed by atoms with Gasteiger partial charge in [0, 0.05) is 13.0 Å². The van der Waals surface area contributed by atoms with Crippen molar-refractivity contribution in [3.63, 3.8) is 0 Å². The molecule has 1 aromatic rings. The van der Waals surface area contributed by atoms with Crippen LogP contribution in [0.5, 0.6) is 5.75 Å². The van der Waals surface area contributed by atoms with Gasteiger partial charge in [0.1, 0.15) is 11.9 Å². The first-order chi connectivity index (χ1) is 6.22. The summed E-state index contributed by atoms with van der Waals surface area (Å²) in [6.45, 7) is 0.343. The van der Waals surface area contributed by atoms with E-state index in [4.69, 9.17) is 5.11 Å².